The maximum Gasteiger partial charge on any atom is 0.334 e. The van der Waals surface area contributed by atoms with Crippen molar-refractivity contribution < 1.29 is 14.3 Å². The molecule has 4 rings (SSSR count). The van der Waals surface area contributed by atoms with Crippen LogP contribution in [0.3, 0.4) is 0 Å². The fraction of sp³-hybridized carbons (Fsp3) is 0.115. The van der Waals surface area contributed by atoms with Crippen molar-refractivity contribution in [1.82, 2.24) is 0 Å². The van der Waals surface area contributed by atoms with Gasteiger partial charge in [-0.3, -0.25) is 0 Å². The van der Waals surface area contributed by atoms with E-state index < -0.39 is 12.1 Å². The maximum atomic E-state index is 12.4. The van der Waals surface area contributed by atoms with E-state index in [-0.39, 0.29) is 0 Å². The maximum absolute atomic E-state index is 12.4. The summed E-state index contributed by atoms with van der Waals surface area (Å²) in [5.74, 6) is 0.405. The number of fused-ring (bicyclic) bond motifs is 2. The third-order valence-corrected chi connectivity index (χ3v) is 5.05. The van der Waals surface area contributed by atoms with Gasteiger partial charge >= 0.3 is 5.97 Å². The highest BCUT2D eigenvalue weighted by atomic mass is 16.5. The fourth-order valence-corrected chi connectivity index (χ4v) is 3.53. The quantitative estimate of drug-likeness (QED) is 0.304. The molecule has 0 amide bonds. The molecule has 0 N–H and O–H groups in total. The van der Waals surface area contributed by atoms with E-state index in [0.29, 0.717) is 5.57 Å². The second kappa shape index (κ2) is 7.80. The van der Waals surface area contributed by atoms with Crippen molar-refractivity contribution in [3.63, 3.8) is 0 Å². The zero-order valence-electron chi connectivity index (χ0n) is 16.5. The van der Waals surface area contributed by atoms with Crippen molar-refractivity contribution in [1.29, 1.82) is 0 Å². The molecule has 3 heteroatoms. The third-order valence-electron chi connectivity index (χ3n) is 5.05. The highest BCUT2D eigenvalue weighted by Crippen LogP contribution is 2.34. The number of hydrogen-bond acceptors (Lipinski definition) is 3. The standard InChI is InChI=1S/C26H22O3/c1-17(2)26(27)29-25(24-10-6-8-18-7-4-5-9-23(18)24)21-12-11-20-16-22(28-3)14-13-19(20)15-21/h4-16,25H,1H2,2-3H3. The van der Waals surface area contributed by atoms with Gasteiger partial charge in [0.1, 0.15) is 5.75 Å². The molecule has 3 nitrogen and oxygen atoms in total. The van der Waals surface area contributed by atoms with Gasteiger partial charge in [-0.25, -0.2) is 4.79 Å². The number of rotatable bonds is 5. The van der Waals surface area contributed by atoms with Crippen LogP contribution >= 0.6 is 0 Å². The van der Waals surface area contributed by atoms with Gasteiger partial charge < -0.3 is 9.47 Å². The monoisotopic (exact) mass is 382 g/mol. The van der Waals surface area contributed by atoms with Crippen molar-refractivity contribution in [2.45, 2.75) is 13.0 Å². The Morgan fingerprint density at radius 3 is 2.38 bits per heavy atom. The van der Waals surface area contributed by atoms with Gasteiger partial charge in [0.15, 0.2) is 6.10 Å². The van der Waals surface area contributed by atoms with Gasteiger partial charge in [-0.2, -0.15) is 0 Å². The molecule has 0 aliphatic carbocycles. The Morgan fingerprint density at radius 2 is 1.59 bits per heavy atom. The molecule has 1 atom stereocenters. The van der Waals surface area contributed by atoms with Crippen LogP contribution in [0.25, 0.3) is 21.5 Å². The molecule has 0 bridgehead atoms. The Kier molecular flexibility index (Phi) is 5.05. The molecule has 0 spiro atoms. The first kappa shape index (κ1) is 18.8. The number of carbonyl (C=O) groups is 1. The van der Waals surface area contributed by atoms with E-state index in [2.05, 4.69) is 30.8 Å². The Morgan fingerprint density at radius 1 is 0.862 bits per heavy atom. The predicted molar refractivity (Wildman–Crippen MR) is 117 cm³/mol. The second-order valence-electron chi connectivity index (χ2n) is 7.11. The van der Waals surface area contributed by atoms with E-state index in [9.17, 15) is 4.79 Å². The molecule has 0 radical (unpaired) electrons. The molecule has 4 aromatic rings. The summed E-state index contributed by atoms with van der Waals surface area (Å²) in [5, 5.41) is 4.28. The molecule has 29 heavy (non-hydrogen) atoms. The molecule has 4 aromatic carbocycles. The van der Waals surface area contributed by atoms with E-state index in [4.69, 9.17) is 9.47 Å². The molecule has 1 unspecified atom stereocenters. The van der Waals surface area contributed by atoms with Crippen molar-refractivity contribution >= 4 is 27.5 Å². The summed E-state index contributed by atoms with van der Waals surface area (Å²) in [4.78, 5) is 12.4. The zero-order valence-corrected chi connectivity index (χ0v) is 16.5. The summed E-state index contributed by atoms with van der Waals surface area (Å²) >= 11 is 0. The molecule has 0 aromatic heterocycles. The summed E-state index contributed by atoms with van der Waals surface area (Å²) in [5.41, 5.74) is 2.24. The number of benzene rings is 4. The summed E-state index contributed by atoms with van der Waals surface area (Å²) in [6, 6.07) is 26.2. The topological polar surface area (TPSA) is 35.5 Å². The molecule has 0 aliphatic rings. The van der Waals surface area contributed by atoms with Crippen molar-refractivity contribution in [2.75, 3.05) is 7.11 Å². The van der Waals surface area contributed by atoms with E-state index in [1.165, 1.54) is 0 Å². The summed E-state index contributed by atoms with van der Waals surface area (Å²) < 4.78 is 11.2. The molecule has 0 saturated carbocycles. The van der Waals surface area contributed by atoms with Crippen LogP contribution in [-0.4, -0.2) is 13.1 Å². The van der Waals surface area contributed by atoms with Crippen LogP contribution in [0, 0.1) is 0 Å². The first-order chi connectivity index (χ1) is 14.1. The SMILES string of the molecule is C=C(C)C(=O)OC(c1ccc2cc(OC)ccc2c1)c1cccc2ccccc12. The van der Waals surface area contributed by atoms with Crippen LogP contribution in [0.1, 0.15) is 24.2 Å². The van der Waals surface area contributed by atoms with Gasteiger partial charge in [-0.05, 0) is 52.2 Å². The minimum atomic E-state index is -0.531. The van der Waals surface area contributed by atoms with Gasteiger partial charge in [0.05, 0.1) is 7.11 Å². The van der Waals surface area contributed by atoms with Crippen LogP contribution in [0.15, 0.2) is 91.0 Å². The van der Waals surface area contributed by atoms with Gasteiger partial charge in [0.25, 0.3) is 0 Å². The summed E-state index contributed by atoms with van der Waals surface area (Å²) in [6.07, 6.45) is -0.531. The lowest BCUT2D eigenvalue weighted by atomic mass is 9.94. The number of esters is 1. The lowest BCUT2D eigenvalue weighted by Crippen LogP contribution is -2.13. The fourth-order valence-electron chi connectivity index (χ4n) is 3.53. The summed E-state index contributed by atoms with van der Waals surface area (Å²) in [7, 11) is 1.66. The first-order valence-electron chi connectivity index (χ1n) is 9.48. The van der Waals surface area contributed by atoms with Crippen LogP contribution in [0.4, 0.5) is 0 Å². The molecule has 0 saturated heterocycles. The van der Waals surface area contributed by atoms with E-state index >= 15 is 0 Å². The van der Waals surface area contributed by atoms with Crippen LogP contribution in [0.5, 0.6) is 5.75 Å². The number of ether oxygens (including phenoxy) is 2. The predicted octanol–water partition coefficient (Wildman–Crippen LogP) is 6.21. The average molecular weight is 382 g/mol. The van der Waals surface area contributed by atoms with Gasteiger partial charge in [0.2, 0.25) is 0 Å². The van der Waals surface area contributed by atoms with E-state index in [1.54, 1.807) is 14.0 Å². The highest BCUT2D eigenvalue weighted by molar-refractivity contribution is 5.90. The third kappa shape index (κ3) is 3.72. The molecule has 0 fully saturated rings. The Hall–Kier alpha value is -3.59. The Bertz CT molecular complexity index is 1220. The number of hydrogen-bond donors (Lipinski definition) is 0. The minimum absolute atomic E-state index is 0.376. The van der Waals surface area contributed by atoms with Crippen LogP contribution < -0.4 is 4.74 Å². The highest BCUT2D eigenvalue weighted by Gasteiger charge is 2.22. The first-order valence-corrected chi connectivity index (χ1v) is 9.48. The van der Waals surface area contributed by atoms with Gasteiger partial charge in [-0.1, -0.05) is 67.2 Å². The van der Waals surface area contributed by atoms with Crippen molar-refractivity contribution in [3.8, 4) is 5.75 Å². The normalized spacial score (nSPS) is 11.9. The molecular weight excluding hydrogens is 360 g/mol. The molecule has 0 heterocycles. The van der Waals surface area contributed by atoms with Crippen LogP contribution in [0.2, 0.25) is 0 Å². The lowest BCUT2D eigenvalue weighted by molar-refractivity contribution is -0.142. The minimum Gasteiger partial charge on any atom is -0.497 e. The molecular formula is C26H22O3. The number of methoxy groups -OCH3 is 1. The molecule has 144 valence electrons. The average Bonchev–Trinajstić information content (AvgIpc) is 2.76. The van der Waals surface area contributed by atoms with Gasteiger partial charge in [0, 0.05) is 11.1 Å². The largest absolute Gasteiger partial charge is 0.497 e. The zero-order chi connectivity index (χ0) is 20.4. The van der Waals surface area contributed by atoms with Crippen LogP contribution in [-0.2, 0) is 9.53 Å². The second-order valence-corrected chi connectivity index (χ2v) is 7.11. The van der Waals surface area contributed by atoms with E-state index in [0.717, 1.165) is 38.4 Å². The lowest BCUT2D eigenvalue weighted by Gasteiger charge is -2.21. The van der Waals surface area contributed by atoms with E-state index in [1.807, 2.05) is 54.6 Å². The van der Waals surface area contributed by atoms with Crippen molar-refractivity contribution in [3.05, 3.63) is 102 Å². The Labute approximate surface area is 170 Å². The smallest absolute Gasteiger partial charge is 0.334 e. The molecule has 0 aliphatic heterocycles. The van der Waals surface area contributed by atoms with Gasteiger partial charge in [-0.15, -0.1) is 0 Å². The summed E-state index contributed by atoms with van der Waals surface area (Å²) in [6.45, 7) is 5.40. The van der Waals surface area contributed by atoms with Crippen molar-refractivity contribution in [2.24, 2.45) is 0 Å². The Balaban J connectivity index is 1.87. The number of carbonyl (C=O) groups excluding carboxylic acids is 1.